The van der Waals surface area contributed by atoms with Gasteiger partial charge in [0.1, 0.15) is 5.37 Å². The summed E-state index contributed by atoms with van der Waals surface area (Å²) in [6.07, 6.45) is 3.24. The van der Waals surface area contributed by atoms with E-state index in [1.165, 1.54) is 0 Å². The molecule has 0 bridgehead atoms. The summed E-state index contributed by atoms with van der Waals surface area (Å²) in [7, 11) is -3.10. The summed E-state index contributed by atoms with van der Waals surface area (Å²) < 4.78 is 29.6. The van der Waals surface area contributed by atoms with Gasteiger partial charge in [-0.25, -0.2) is 8.42 Å². The molecule has 0 saturated carbocycles. The molecule has 0 spiro atoms. The SMILES string of the molecule is CCS(=O)(=O)C1CSCCN1C(CN)c1ccoc1. The number of rotatable bonds is 5. The van der Waals surface area contributed by atoms with Gasteiger partial charge in [-0.15, -0.1) is 0 Å². The van der Waals surface area contributed by atoms with Crippen LogP contribution in [0.1, 0.15) is 18.5 Å². The number of thioether (sulfide) groups is 1. The molecule has 0 amide bonds. The van der Waals surface area contributed by atoms with Crippen molar-refractivity contribution >= 4 is 21.6 Å². The molecule has 1 aliphatic rings. The fourth-order valence-electron chi connectivity index (χ4n) is 2.38. The monoisotopic (exact) mass is 304 g/mol. The maximum absolute atomic E-state index is 12.2. The van der Waals surface area contributed by atoms with Gasteiger partial charge in [-0.1, -0.05) is 6.92 Å². The van der Waals surface area contributed by atoms with Gasteiger partial charge in [0.15, 0.2) is 9.84 Å². The zero-order valence-corrected chi connectivity index (χ0v) is 12.6. The fourth-order valence-corrected chi connectivity index (χ4v) is 5.45. The van der Waals surface area contributed by atoms with E-state index in [1.54, 1.807) is 31.2 Å². The molecule has 1 aromatic rings. The molecule has 1 aliphatic heterocycles. The number of sulfone groups is 1. The van der Waals surface area contributed by atoms with E-state index in [9.17, 15) is 8.42 Å². The van der Waals surface area contributed by atoms with Crippen LogP contribution in [0.2, 0.25) is 0 Å². The first-order valence-electron chi connectivity index (χ1n) is 6.37. The Morgan fingerprint density at radius 2 is 2.42 bits per heavy atom. The second-order valence-corrected chi connectivity index (χ2v) is 8.12. The third-order valence-corrected chi connectivity index (χ3v) is 6.80. The lowest BCUT2D eigenvalue weighted by atomic mass is 10.1. The minimum Gasteiger partial charge on any atom is -0.472 e. The molecule has 2 rings (SSSR count). The second-order valence-electron chi connectivity index (χ2n) is 4.53. The summed E-state index contributed by atoms with van der Waals surface area (Å²) in [5.41, 5.74) is 6.81. The lowest BCUT2D eigenvalue weighted by molar-refractivity contribution is 0.197. The van der Waals surface area contributed by atoms with Crippen molar-refractivity contribution in [2.45, 2.75) is 18.3 Å². The van der Waals surface area contributed by atoms with Gasteiger partial charge >= 0.3 is 0 Å². The van der Waals surface area contributed by atoms with Crippen LogP contribution in [0.4, 0.5) is 0 Å². The average Bonchev–Trinajstić information content (AvgIpc) is 2.94. The summed E-state index contributed by atoms with van der Waals surface area (Å²) in [4.78, 5) is 2.01. The summed E-state index contributed by atoms with van der Waals surface area (Å²) >= 11 is 1.69. The summed E-state index contributed by atoms with van der Waals surface area (Å²) in [6, 6.07) is 1.76. The van der Waals surface area contributed by atoms with Crippen LogP contribution in [0.25, 0.3) is 0 Å². The molecule has 0 aromatic carbocycles. The Morgan fingerprint density at radius 3 is 3.00 bits per heavy atom. The molecule has 1 saturated heterocycles. The predicted octanol–water partition coefficient (Wildman–Crippen LogP) is 1.09. The minimum atomic E-state index is -3.10. The topological polar surface area (TPSA) is 76.5 Å². The quantitative estimate of drug-likeness (QED) is 0.877. The molecule has 2 atom stereocenters. The van der Waals surface area contributed by atoms with Crippen molar-refractivity contribution in [3.8, 4) is 0 Å². The van der Waals surface area contributed by atoms with Crippen molar-refractivity contribution in [2.24, 2.45) is 5.73 Å². The van der Waals surface area contributed by atoms with Crippen LogP contribution >= 0.6 is 11.8 Å². The maximum Gasteiger partial charge on any atom is 0.166 e. The Balaban J connectivity index is 2.28. The number of hydrogen-bond donors (Lipinski definition) is 1. The third-order valence-electron chi connectivity index (χ3n) is 3.49. The van der Waals surface area contributed by atoms with Gasteiger partial charge in [0, 0.05) is 35.9 Å². The van der Waals surface area contributed by atoms with Gasteiger partial charge in [0.2, 0.25) is 0 Å². The van der Waals surface area contributed by atoms with Crippen LogP contribution < -0.4 is 5.73 Å². The molecular formula is C12H20N2O3S2. The van der Waals surface area contributed by atoms with Crippen LogP contribution in [0.5, 0.6) is 0 Å². The summed E-state index contributed by atoms with van der Waals surface area (Å²) in [5.74, 6) is 1.71. The van der Waals surface area contributed by atoms with E-state index in [1.807, 2.05) is 11.0 Å². The van der Waals surface area contributed by atoms with Gasteiger partial charge in [-0.2, -0.15) is 11.8 Å². The van der Waals surface area contributed by atoms with Gasteiger partial charge in [-0.3, -0.25) is 4.90 Å². The lowest BCUT2D eigenvalue weighted by Gasteiger charge is -2.39. The standard InChI is InChI=1S/C12H20N2O3S2/c1-2-19(15,16)12-9-18-6-4-14(12)11(7-13)10-3-5-17-8-10/h3,5,8,11-12H,2,4,6-7,9,13H2,1H3. The minimum absolute atomic E-state index is 0.0917. The Hall–Kier alpha value is -0.500. The second kappa shape index (κ2) is 6.30. The summed E-state index contributed by atoms with van der Waals surface area (Å²) in [5, 5.41) is -0.445. The van der Waals surface area contributed by atoms with Crippen molar-refractivity contribution in [3.05, 3.63) is 24.2 Å². The Labute approximate surface area is 118 Å². The molecule has 5 nitrogen and oxygen atoms in total. The molecule has 0 aliphatic carbocycles. The molecule has 0 radical (unpaired) electrons. The highest BCUT2D eigenvalue weighted by Gasteiger charge is 2.37. The van der Waals surface area contributed by atoms with E-state index in [0.29, 0.717) is 12.3 Å². The summed E-state index contributed by atoms with van der Waals surface area (Å²) in [6.45, 7) is 2.82. The molecule has 2 unspecified atom stereocenters. The highest BCUT2D eigenvalue weighted by atomic mass is 32.2. The highest BCUT2D eigenvalue weighted by Crippen LogP contribution is 2.30. The van der Waals surface area contributed by atoms with Crippen LogP contribution in [-0.2, 0) is 9.84 Å². The van der Waals surface area contributed by atoms with Crippen molar-refractivity contribution in [2.75, 3.05) is 30.3 Å². The van der Waals surface area contributed by atoms with E-state index >= 15 is 0 Å². The number of furan rings is 1. The molecule has 7 heteroatoms. The molecule has 108 valence electrons. The smallest absolute Gasteiger partial charge is 0.166 e. The van der Waals surface area contributed by atoms with Crippen molar-refractivity contribution in [1.29, 1.82) is 0 Å². The van der Waals surface area contributed by atoms with Crippen molar-refractivity contribution in [1.82, 2.24) is 4.90 Å². The molecule has 1 fully saturated rings. The van der Waals surface area contributed by atoms with E-state index in [4.69, 9.17) is 10.2 Å². The first kappa shape index (κ1) is 14.9. The van der Waals surface area contributed by atoms with E-state index in [-0.39, 0.29) is 11.8 Å². The van der Waals surface area contributed by atoms with E-state index < -0.39 is 15.2 Å². The largest absolute Gasteiger partial charge is 0.472 e. The zero-order valence-electron chi connectivity index (χ0n) is 11.0. The molecular weight excluding hydrogens is 284 g/mol. The Morgan fingerprint density at radius 1 is 1.63 bits per heavy atom. The number of hydrogen-bond acceptors (Lipinski definition) is 6. The first-order chi connectivity index (χ1) is 9.10. The Bertz CT molecular complexity index is 487. The van der Waals surface area contributed by atoms with Gasteiger partial charge in [-0.05, 0) is 6.07 Å². The highest BCUT2D eigenvalue weighted by molar-refractivity contribution is 8.01. The zero-order chi connectivity index (χ0) is 13.9. The van der Waals surface area contributed by atoms with Crippen LogP contribution in [0.15, 0.2) is 23.0 Å². The van der Waals surface area contributed by atoms with Crippen molar-refractivity contribution < 1.29 is 12.8 Å². The first-order valence-corrected chi connectivity index (χ1v) is 9.24. The van der Waals surface area contributed by atoms with E-state index in [2.05, 4.69) is 0 Å². The normalized spacial score (nSPS) is 23.4. The van der Waals surface area contributed by atoms with E-state index in [0.717, 1.165) is 17.9 Å². The molecule has 19 heavy (non-hydrogen) atoms. The number of nitrogens with two attached hydrogens (primary N) is 1. The average molecular weight is 304 g/mol. The maximum atomic E-state index is 12.2. The van der Waals surface area contributed by atoms with Gasteiger partial charge in [0.05, 0.1) is 18.6 Å². The third kappa shape index (κ3) is 3.16. The fraction of sp³-hybridized carbons (Fsp3) is 0.667. The number of nitrogens with zero attached hydrogens (tertiary/aromatic N) is 1. The lowest BCUT2D eigenvalue weighted by Crippen LogP contribution is -2.50. The Kier molecular flexibility index (Phi) is 4.94. The molecule has 1 aromatic heterocycles. The van der Waals surface area contributed by atoms with Crippen LogP contribution in [0, 0.1) is 0 Å². The molecule has 2 N–H and O–H groups in total. The van der Waals surface area contributed by atoms with Gasteiger partial charge in [0.25, 0.3) is 0 Å². The predicted molar refractivity (Wildman–Crippen MR) is 77.8 cm³/mol. The molecule has 2 heterocycles. The van der Waals surface area contributed by atoms with Crippen LogP contribution in [-0.4, -0.2) is 49.0 Å². The van der Waals surface area contributed by atoms with Crippen LogP contribution in [0.3, 0.4) is 0 Å². The van der Waals surface area contributed by atoms with Crippen molar-refractivity contribution in [3.63, 3.8) is 0 Å². The van der Waals surface area contributed by atoms with Gasteiger partial charge < -0.3 is 10.2 Å².